The molecule has 0 aromatic heterocycles. The van der Waals surface area contributed by atoms with Gasteiger partial charge in [0.15, 0.2) is 0 Å². The lowest BCUT2D eigenvalue weighted by atomic mass is 10.1. The van der Waals surface area contributed by atoms with Crippen molar-refractivity contribution >= 4 is 17.5 Å². The molecule has 0 radical (unpaired) electrons. The van der Waals surface area contributed by atoms with Crippen molar-refractivity contribution in [2.75, 3.05) is 26.4 Å². The summed E-state index contributed by atoms with van der Waals surface area (Å²) in [6.07, 6.45) is 4.45. The van der Waals surface area contributed by atoms with Crippen LogP contribution in [0.4, 0.5) is 0 Å². The average Bonchev–Trinajstić information content (AvgIpc) is 3.03. The predicted octanol–water partition coefficient (Wildman–Crippen LogP) is 2.97. The van der Waals surface area contributed by atoms with Crippen LogP contribution >= 0.6 is 11.6 Å². The standard InChI is InChI=1S/C17H24ClNO3/c18-16-7-2-1-5-14(16)8-9-17(20)19-10-4-11-21-13-15-6-3-12-22-15/h1-2,5,7,15H,3-4,6,8-13H2,(H,19,20). The highest BCUT2D eigenvalue weighted by Crippen LogP contribution is 2.16. The fraction of sp³-hybridized carbons (Fsp3) is 0.588. The van der Waals surface area contributed by atoms with Gasteiger partial charge in [-0.25, -0.2) is 0 Å². The Morgan fingerprint density at radius 2 is 2.27 bits per heavy atom. The molecule has 22 heavy (non-hydrogen) atoms. The summed E-state index contributed by atoms with van der Waals surface area (Å²) in [5.41, 5.74) is 1.01. The van der Waals surface area contributed by atoms with Gasteiger partial charge in [0, 0.05) is 31.2 Å². The van der Waals surface area contributed by atoms with Gasteiger partial charge in [0.25, 0.3) is 0 Å². The first-order valence-electron chi connectivity index (χ1n) is 7.95. The quantitative estimate of drug-likeness (QED) is 0.710. The maximum absolute atomic E-state index is 11.8. The lowest BCUT2D eigenvalue weighted by Gasteiger charge is -2.10. The third-order valence-electron chi connectivity index (χ3n) is 3.69. The van der Waals surface area contributed by atoms with Gasteiger partial charge in [-0.3, -0.25) is 4.79 Å². The van der Waals surface area contributed by atoms with Crippen LogP contribution < -0.4 is 5.32 Å². The highest BCUT2D eigenvalue weighted by Gasteiger charge is 2.14. The molecule has 0 spiro atoms. The Morgan fingerprint density at radius 1 is 1.41 bits per heavy atom. The van der Waals surface area contributed by atoms with E-state index in [2.05, 4.69) is 5.32 Å². The van der Waals surface area contributed by atoms with E-state index in [-0.39, 0.29) is 12.0 Å². The number of amides is 1. The van der Waals surface area contributed by atoms with Crippen LogP contribution in [0.1, 0.15) is 31.2 Å². The second kappa shape index (κ2) is 9.82. The minimum atomic E-state index is 0.0547. The van der Waals surface area contributed by atoms with Crippen LogP contribution in [0.15, 0.2) is 24.3 Å². The molecule has 0 bridgehead atoms. The molecule has 1 saturated heterocycles. The first kappa shape index (κ1) is 17.3. The molecular weight excluding hydrogens is 302 g/mol. The van der Waals surface area contributed by atoms with E-state index < -0.39 is 0 Å². The third-order valence-corrected chi connectivity index (χ3v) is 4.06. The van der Waals surface area contributed by atoms with Gasteiger partial charge in [-0.2, -0.15) is 0 Å². The van der Waals surface area contributed by atoms with Crippen LogP contribution in [0, 0.1) is 0 Å². The summed E-state index contributed by atoms with van der Waals surface area (Å²) in [6, 6.07) is 7.63. The number of hydrogen-bond donors (Lipinski definition) is 1. The van der Waals surface area contributed by atoms with E-state index in [0.717, 1.165) is 36.5 Å². The zero-order valence-corrected chi connectivity index (χ0v) is 13.6. The van der Waals surface area contributed by atoms with Crippen molar-refractivity contribution in [3.05, 3.63) is 34.9 Å². The van der Waals surface area contributed by atoms with Crippen LogP contribution in [0.5, 0.6) is 0 Å². The lowest BCUT2D eigenvalue weighted by molar-refractivity contribution is -0.121. The minimum Gasteiger partial charge on any atom is -0.379 e. The maximum Gasteiger partial charge on any atom is 0.220 e. The number of carbonyl (C=O) groups is 1. The van der Waals surface area contributed by atoms with Crippen molar-refractivity contribution in [1.29, 1.82) is 0 Å². The lowest BCUT2D eigenvalue weighted by Crippen LogP contribution is -2.26. The van der Waals surface area contributed by atoms with Crippen molar-refractivity contribution in [3.63, 3.8) is 0 Å². The molecular formula is C17H24ClNO3. The van der Waals surface area contributed by atoms with E-state index in [1.165, 1.54) is 0 Å². The van der Waals surface area contributed by atoms with Crippen molar-refractivity contribution in [1.82, 2.24) is 5.32 Å². The smallest absolute Gasteiger partial charge is 0.220 e. The largest absolute Gasteiger partial charge is 0.379 e. The van der Waals surface area contributed by atoms with E-state index in [4.69, 9.17) is 21.1 Å². The Kier molecular flexibility index (Phi) is 7.71. The summed E-state index contributed by atoms with van der Waals surface area (Å²) in [5, 5.41) is 3.63. The SMILES string of the molecule is O=C(CCc1ccccc1Cl)NCCCOCC1CCCO1. The Hall–Kier alpha value is -1.10. The number of halogens is 1. The number of benzene rings is 1. The molecule has 2 rings (SSSR count). The highest BCUT2D eigenvalue weighted by molar-refractivity contribution is 6.31. The summed E-state index contributed by atoms with van der Waals surface area (Å²) in [7, 11) is 0. The van der Waals surface area contributed by atoms with Crippen LogP contribution in [0.25, 0.3) is 0 Å². The fourth-order valence-corrected chi connectivity index (χ4v) is 2.66. The molecule has 1 unspecified atom stereocenters. The number of carbonyl (C=O) groups excluding carboxylic acids is 1. The molecule has 0 saturated carbocycles. The van der Waals surface area contributed by atoms with Crippen LogP contribution in [0.2, 0.25) is 5.02 Å². The fourth-order valence-electron chi connectivity index (χ4n) is 2.43. The molecule has 4 nitrogen and oxygen atoms in total. The maximum atomic E-state index is 11.8. The summed E-state index contributed by atoms with van der Waals surface area (Å²) in [5.74, 6) is 0.0547. The molecule has 0 aliphatic carbocycles. The van der Waals surface area contributed by atoms with E-state index >= 15 is 0 Å². The van der Waals surface area contributed by atoms with Crippen molar-refractivity contribution in [2.24, 2.45) is 0 Å². The van der Waals surface area contributed by atoms with Crippen LogP contribution in [-0.2, 0) is 20.7 Å². The van der Waals surface area contributed by atoms with Gasteiger partial charge in [-0.1, -0.05) is 29.8 Å². The zero-order chi connectivity index (χ0) is 15.6. The molecule has 122 valence electrons. The van der Waals surface area contributed by atoms with Crippen LogP contribution in [0.3, 0.4) is 0 Å². The van der Waals surface area contributed by atoms with Crippen molar-refractivity contribution in [3.8, 4) is 0 Å². The Bertz CT molecular complexity index is 461. The average molecular weight is 326 g/mol. The van der Waals surface area contributed by atoms with Gasteiger partial charge in [0.05, 0.1) is 12.7 Å². The number of ether oxygens (including phenoxy) is 2. The van der Waals surface area contributed by atoms with Gasteiger partial charge in [-0.15, -0.1) is 0 Å². The van der Waals surface area contributed by atoms with Gasteiger partial charge in [0.1, 0.15) is 0 Å². The molecule has 1 fully saturated rings. The molecule has 1 aromatic rings. The van der Waals surface area contributed by atoms with E-state index in [9.17, 15) is 4.79 Å². The molecule has 1 N–H and O–H groups in total. The minimum absolute atomic E-state index is 0.0547. The Labute approximate surface area is 137 Å². The summed E-state index contributed by atoms with van der Waals surface area (Å²) in [4.78, 5) is 11.8. The van der Waals surface area contributed by atoms with E-state index in [0.29, 0.717) is 32.6 Å². The highest BCUT2D eigenvalue weighted by atomic mass is 35.5. The number of nitrogens with one attached hydrogen (secondary N) is 1. The number of hydrogen-bond acceptors (Lipinski definition) is 3. The van der Waals surface area contributed by atoms with Crippen molar-refractivity contribution < 1.29 is 14.3 Å². The third kappa shape index (κ3) is 6.34. The Morgan fingerprint density at radius 3 is 3.05 bits per heavy atom. The molecule has 1 heterocycles. The van der Waals surface area contributed by atoms with Crippen molar-refractivity contribution in [2.45, 2.75) is 38.2 Å². The molecule has 1 atom stereocenters. The monoisotopic (exact) mass is 325 g/mol. The second-order valence-corrected chi connectivity index (χ2v) is 5.91. The summed E-state index contributed by atoms with van der Waals surface area (Å²) in [6.45, 7) is 2.83. The molecule has 1 aromatic carbocycles. The molecule has 5 heteroatoms. The van der Waals surface area contributed by atoms with E-state index in [1.54, 1.807) is 0 Å². The van der Waals surface area contributed by atoms with Gasteiger partial charge < -0.3 is 14.8 Å². The van der Waals surface area contributed by atoms with E-state index in [1.807, 2.05) is 24.3 Å². The van der Waals surface area contributed by atoms with Gasteiger partial charge >= 0.3 is 0 Å². The molecule has 1 amide bonds. The molecule has 1 aliphatic rings. The second-order valence-electron chi connectivity index (χ2n) is 5.50. The zero-order valence-electron chi connectivity index (χ0n) is 12.9. The number of rotatable bonds is 9. The number of aryl methyl sites for hydroxylation is 1. The summed E-state index contributed by atoms with van der Waals surface area (Å²) < 4.78 is 11.0. The predicted molar refractivity (Wildman–Crippen MR) is 87.2 cm³/mol. The molecule has 1 aliphatic heterocycles. The Balaban J connectivity index is 1.48. The first-order valence-corrected chi connectivity index (χ1v) is 8.33. The van der Waals surface area contributed by atoms with Crippen LogP contribution in [-0.4, -0.2) is 38.4 Å². The van der Waals surface area contributed by atoms with Gasteiger partial charge in [-0.05, 0) is 37.3 Å². The topological polar surface area (TPSA) is 47.6 Å². The summed E-state index contributed by atoms with van der Waals surface area (Å²) >= 11 is 6.06. The normalized spacial score (nSPS) is 17.6. The van der Waals surface area contributed by atoms with Gasteiger partial charge in [0.2, 0.25) is 5.91 Å². The first-order chi connectivity index (χ1) is 10.8.